The highest BCUT2D eigenvalue weighted by Crippen LogP contribution is 2.27. The number of nitrogens with two attached hydrogens (primary N) is 1. The van der Waals surface area contributed by atoms with Crippen molar-refractivity contribution in [1.82, 2.24) is 9.61 Å². The molecular weight excluding hydrogens is 416 g/mol. The number of pyridine rings is 1. The highest BCUT2D eigenvalue weighted by Gasteiger charge is 2.16. The number of anilines is 2. The lowest BCUT2D eigenvalue weighted by Crippen LogP contribution is -2.32. The standard InChI is InChI=1S/C25H22N6O2/c1-16(26)24(32)29-20-6-4-17(5-7-20)22-15-28-31-13-12-18(14-23(22)31)25(33)30(3)21-10-8-19(27-2)9-11-21/h4-16H,26H2,1,3H3,(H,29,32)/t16-/m0/s1. The normalized spacial score (nSPS) is 11.6. The zero-order valence-corrected chi connectivity index (χ0v) is 18.2. The summed E-state index contributed by atoms with van der Waals surface area (Å²) in [6, 6.07) is 17.2. The van der Waals surface area contributed by atoms with Crippen molar-refractivity contribution in [3.05, 3.63) is 90.0 Å². The van der Waals surface area contributed by atoms with Gasteiger partial charge in [-0.2, -0.15) is 5.10 Å². The average Bonchev–Trinajstić information content (AvgIpc) is 3.27. The lowest BCUT2D eigenvalue weighted by Gasteiger charge is -2.17. The maximum atomic E-state index is 13.1. The van der Waals surface area contributed by atoms with Crippen LogP contribution in [0.3, 0.4) is 0 Å². The molecule has 2 heterocycles. The van der Waals surface area contributed by atoms with Crippen LogP contribution in [0.2, 0.25) is 0 Å². The first kappa shape index (κ1) is 21.7. The molecule has 0 aliphatic heterocycles. The number of hydrogen-bond donors (Lipinski definition) is 2. The van der Waals surface area contributed by atoms with Crippen LogP contribution in [-0.4, -0.2) is 34.5 Å². The maximum Gasteiger partial charge on any atom is 0.258 e. The van der Waals surface area contributed by atoms with Gasteiger partial charge in [0.2, 0.25) is 5.91 Å². The first-order valence-electron chi connectivity index (χ1n) is 10.3. The number of benzene rings is 2. The summed E-state index contributed by atoms with van der Waals surface area (Å²) < 4.78 is 1.71. The molecule has 3 N–H and O–H groups in total. The van der Waals surface area contributed by atoms with Gasteiger partial charge >= 0.3 is 0 Å². The van der Waals surface area contributed by atoms with E-state index in [2.05, 4.69) is 15.3 Å². The molecule has 2 aromatic carbocycles. The minimum Gasteiger partial charge on any atom is -0.325 e. The van der Waals surface area contributed by atoms with E-state index >= 15 is 0 Å². The van der Waals surface area contributed by atoms with Crippen molar-refractivity contribution in [2.75, 3.05) is 17.3 Å². The van der Waals surface area contributed by atoms with Gasteiger partial charge in [0, 0.05) is 35.7 Å². The molecule has 0 fully saturated rings. The van der Waals surface area contributed by atoms with Crippen LogP contribution in [0.15, 0.2) is 73.1 Å². The van der Waals surface area contributed by atoms with Crippen molar-refractivity contribution in [2.45, 2.75) is 13.0 Å². The van der Waals surface area contributed by atoms with Crippen LogP contribution in [0.25, 0.3) is 21.5 Å². The van der Waals surface area contributed by atoms with E-state index in [4.69, 9.17) is 12.3 Å². The topological polar surface area (TPSA) is 97.1 Å². The van der Waals surface area contributed by atoms with Crippen molar-refractivity contribution in [3.8, 4) is 11.1 Å². The van der Waals surface area contributed by atoms with Crippen LogP contribution < -0.4 is 16.0 Å². The zero-order valence-electron chi connectivity index (χ0n) is 18.2. The summed E-state index contributed by atoms with van der Waals surface area (Å²) in [5.74, 6) is -0.427. The fourth-order valence-electron chi connectivity index (χ4n) is 3.39. The smallest absolute Gasteiger partial charge is 0.258 e. The van der Waals surface area contributed by atoms with E-state index in [1.165, 1.54) is 0 Å². The number of rotatable bonds is 5. The van der Waals surface area contributed by atoms with Gasteiger partial charge in [-0.1, -0.05) is 24.3 Å². The van der Waals surface area contributed by atoms with Crippen LogP contribution in [0.4, 0.5) is 17.1 Å². The highest BCUT2D eigenvalue weighted by atomic mass is 16.2. The molecule has 164 valence electrons. The third kappa shape index (κ3) is 4.44. The molecule has 0 bridgehead atoms. The molecule has 0 radical (unpaired) electrons. The molecule has 2 amide bonds. The summed E-state index contributed by atoms with van der Waals surface area (Å²) in [5.41, 5.74) is 10.5. The second kappa shape index (κ2) is 8.94. The Bertz CT molecular complexity index is 1370. The van der Waals surface area contributed by atoms with Crippen molar-refractivity contribution >= 4 is 34.4 Å². The van der Waals surface area contributed by atoms with Crippen LogP contribution in [-0.2, 0) is 4.79 Å². The summed E-state index contributed by atoms with van der Waals surface area (Å²) >= 11 is 0. The molecular formula is C25H22N6O2. The molecule has 0 aliphatic rings. The minimum absolute atomic E-state index is 0.172. The van der Waals surface area contributed by atoms with E-state index in [0.29, 0.717) is 22.6 Å². The van der Waals surface area contributed by atoms with E-state index in [0.717, 1.165) is 16.6 Å². The monoisotopic (exact) mass is 438 g/mol. The Balaban J connectivity index is 1.61. The number of amides is 2. The molecule has 4 rings (SSSR count). The zero-order chi connectivity index (χ0) is 23.5. The number of nitrogens with one attached hydrogen (secondary N) is 1. The largest absolute Gasteiger partial charge is 0.325 e. The summed E-state index contributed by atoms with van der Waals surface area (Å²) in [6.45, 7) is 8.69. The molecule has 8 heteroatoms. The van der Waals surface area contributed by atoms with Gasteiger partial charge in [-0.3, -0.25) is 9.59 Å². The first-order valence-corrected chi connectivity index (χ1v) is 10.3. The molecule has 2 aromatic heterocycles. The Labute approximate surface area is 191 Å². The fraction of sp³-hybridized carbons (Fsp3) is 0.120. The molecule has 0 aliphatic carbocycles. The molecule has 0 saturated carbocycles. The Kier molecular flexibility index (Phi) is 5.89. The second-order valence-corrected chi connectivity index (χ2v) is 7.65. The van der Waals surface area contributed by atoms with Gasteiger partial charge in [0.15, 0.2) is 5.69 Å². The molecule has 0 saturated heterocycles. The lowest BCUT2D eigenvalue weighted by molar-refractivity contribution is -0.117. The van der Waals surface area contributed by atoms with E-state index < -0.39 is 6.04 Å². The van der Waals surface area contributed by atoms with Gasteiger partial charge in [0.05, 0.1) is 24.3 Å². The minimum atomic E-state index is -0.594. The van der Waals surface area contributed by atoms with E-state index in [9.17, 15) is 9.59 Å². The Morgan fingerprint density at radius 3 is 2.45 bits per heavy atom. The van der Waals surface area contributed by atoms with Crippen LogP contribution >= 0.6 is 0 Å². The Morgan fingerprint density at radius 2 is 1.82 bits per heavy atom. The van der Waals surface area contributed by atoms with Crippen LogP contribution in [0, 0.1) is 6.57 Å². The maximum absolute atomic E-state index is 13.1. The molecule has 4 aromatic rings. The third-order valence-corrected chi connectivity index (χ3v) is 5.32. The van der Waals surface area contributed by atoms with Gasteiger partial charge in [-0.25, -0.2) is 9.36 Å². The second-order valence-electron chi connectivity index (χ2n) is 7.65. The SMILES string of the molecule is [C-]#[N+]c1ccc(N(C)C(=O)c2ccn3ncc(-c4ccc(NC(=O)[C@H](C)N)cc4)c3c2)cc1. The Hall–Kier alpha value is -4.48. The first-order chi connectivity index (χ1) is 15.9. The van der Waals surface area contributed by atoms with Gasteiger partial charge in [0.1, 0.15) is 0 Å². The lowest BCUT2D eigenvalue weighted by atomic mass is 10.1. The molecule has 8 nitrogen and oxygen atoms in total. The Morgan fingerprint density at radius 1 is 1.12 bits per heavy atom. The van der Waals surface area contributed by atoms with Crippen LogP contribution in [0.1, 0.15) is 17.3 Å². The summed E-state index contributed by atoms with van der Waals surface area (Å²) in [6.07, 6.45) is 3.49. The average molecular weight is 438 g/mol. The predicted octanol–water partition coefficient (Wildman–Crippen LogP) is 4.11. The van der Waals surface area contributed by atoms with Gasteiger partial charge in [0.25, 0.3) is 5.91 Å². The highest BCUT2D eigenvalue weighted by molar-refractivity contribution is 6.07. The number of nitrogens with zero attached hydrogens (tertiary/aromatic N) is 4. The number of fused-ring (bicyclic) bond motifs is 1. The molecule has 1 atom stereocenters. The van der Waals surface area contributed by atoms with Crippen molar-refractivity contribution < 1.29 is 9.59 Å². The number of hydrogen-bond acceptors (Lipinski definition) is 4. The van der Waals surface area contributed by atoms with Gasteiger partial charge in [-0.05, 0) is 48.9 Å². The van der Waals surface area contributed by atoms with Gasteiger partial charge < -0.3 is 16.0 Å². The third-order valence-electron chi connectivity index (χ3n) is 5.32. The summed E-state index contributed by atoms with van der Waals surface area (Å²) in [5, 5.41) is 7.15. The number of carbonyl (C=O) groups is 2. The summed E-state index contributed by atoms with van der Waals surface area (Å²) in [4.78, 5) is 29.8. The van der Waals surface area contributed by atoms with E-state index in [-0.39, 0.29) is 11.8 Å². The molecule has 0 unspecified atom stereocenters. The predicted molar refractivity (Wildman–Crippen MR) is 128 cm³/mol. The molecule has 0 spiro atoms. The van der Waals surface area contributed by atoms with E-state index in [1.54, 1.807) is 84.3 Å². The summed E-state index contributed by atoms with van der Waals surface area (Å²) in [7, 11) is 1.70. The number of aromatic nitrogens is 2. The fourth-order valence-corrected chi connectivity index (χ4v) is 3.39. The number of carbonyl (C=O) groups excluding carboxylic acids is 2. The van der Waals surface area contributed by atoms with Gasteiger partial charge in [-0.15, -0.1) is 0 Å². The quantitative estimate of drug-likeness (QED) is 0.458. The van der Waals surface area contributed by atoms with Crippen LogP contribution in [0.5, 0.6) is 0 Å². The molecule has 33 heavy (non-hydrogen) atoms. The van der Waals surface area contributed by atoms with Crippen molar-refractivity contribution in [1.29, 1.82) is 0 Å². The van der Waals surface area contributed by atoms with E-state index in [1.807, 2.05) is 12.1 Å². The van der Waals surface area contributed by atoms with Crippen molar-refractivity contribution in [2.24, 2.45) is 5.73 Å². The van der Waals surface area contributed by atoms with Crippen molar-refractivity contribution in [3.63, 3.8) is 0 Å².